The predicted octanol–water partition coefficient (Wildman–Crippen LogP) is 3.89. The van der Waals surface area contributed by atoms with Crippen LogP contribution in [0.4, 0.5) is 0 Å². The zero-order valence-electron chi connectivity index (χ0n) is 13.9. The molecule has 0 aliphatic rings. The molecule has 0 saturated carbocycles. The molecular weight excluding hydrogens is 246 g/mol. The Bertz CT molecular complexity index is 402. The molecule has 0 fully saturated rings. The van der Waals surface area contributed by atoms with Gasteiger partial charge in [0.25, 0.3) is 0 Å². The van der Waals surface area contributed by atoms with Crippen LogP contribution in [0, 0.1) is 19.3 Å². The molecule has 20 heavy (non-hydrogen) atoms. The smallest absolute Gasteiger partial charge is 0.0587 e. The summed E-state index contributed by atoms with van der Waals surface area (Å²) in [5, 5.41) is 3.53. The van der Waals surface area contributed by atoms with Gasteiger partial charge in [-0.1, -0.05) is 38.5 Å². The van der Waals surface area contributed by atoms with E-state index in [-0.39, 0.29) is 0 Å². The lowest BCUT2D eigenvalue weighted by atomic mass is 9.79. The molecule has 0 amide bonds. The topological polar surface area (TPSA) is 21.3 Å². The van der Waals surface area contributed by atoms with Crippen molar-refractivity contribution in [2.75, 3.05) is 26.8 Å². The first-order valence-corrected chi connectivity index (χ1v) is 7.76. The summed E-state index contributed by atoms with van der Waals surface area (Å²) >= 11 is 0. The summed E-state index contributed by atoms with van der Waals surface area (Å²) in [7, 11) is 1.75. The second kappa shape index (κ2) is 8.43. The van der Waals surface area contributed by atoms with E-state index in [0.29, 0.717) is 5.41 Å². The fourth-order valence-electron chi connectivity index (χ4n) is 2.81. The molecule has 0 aliphatic heterocycles. The monoisotopic (exact) mass is 277 g/mol. The third-order valence-corrected chi connectivity index (χ3v) is 4.09. The molecule has 1 aromatic carbocycles. The minimum atomic E-state index is 0.324. The van der Waals surface area contributed by atoms with Crippen molar-refractivity contribution in [3.63, 3.8) is 0 Å². The molecular formula is C18H31NO. The highest BCUT2D eigenvalue weighted by Crippen LogP contribution is 2.28. The van der Waals surface area contributed by atoms with E-state index in [2.05, 4.69) is 51.2 Å². The second-order valence-corrected chi connectivity index (χ2v) is 6.33. The van der Waals surface area contributed by atoms with E-state index in [9.17, 15) is 0 Å². The fourth-order valence-corrected chi connectivity index (χ4v) is 2.81. The molecule has 1 aromatic rings. The fraction of sp³-hybridized carbons (Fsp3) is 0.667. The van der Waals surface area contributed by atoms with Crippen LogP contribution in [0.2, 0.25) is 0 Å². The Balaban J connectivity index is 2.66. The molecule has 0 spiro atoms. The first kappa shape index (κ1) is 17.2. The van der Waals surface area contributed by atoms with Gasteiger partial charge in [0.1, 0.15) is 0 Å². The standard InChI is InChI=1S/C18H31NO/c1-6-9-18(4,14-19-10-11-20-5)13-17-8-7-15(2)16(3)12-17/h7-8,12,19H,6,9-11,13-14H2,1-5H3. The van der Waals surface area contributed by atoms with E-state index in [4.69, 9.17) is 4.74 Å². The van der Waals surface area contributed by atoms with Gasteiger partial charge in [0.05, 0.1) is 6.61 Å². The Labute approximate surface area is 124 Å². The molecule has 1 atom stereocenters. The number of rotatable bonds is 9. The molecule has 0 saturated heterocycles. The molecule has 2 nitrogen and oxygen atoms in total. The molecule has 0 heterocycles. The molecule has 0 aromatic heterocycles. The van der Waals surface area contributed by atoms with Crippen molar-refractivity contribution in [1.82, 2.24) is 5.32 Å². The molecule has 114 valence electrons. The number of nitrogens with one attached hydrogen (secondary N) is 1. The minimum Gasteiger partial charge on any atom is -0.383 e. The molecule has 0 bridgehead atoms. The first-order valence-electron chi connectivity index (χ1n) is 7.76. The largest absolute Gasteiger partial charge is 0.383 e. The van der Waals surface area contributed by atoms with Gasteiger partial charge in [0.15, 0.2) is 0 Å². The predicted molar refractivity (Wildman–Crippen MR) is 87.4 cm³/mol. The summed E-state index contributed by atoms with van der Waals surface area (Å²) in [5.74, 6) is 0. The highest BCUT2D eigenvalue weighted by atomic mass is 16.5. The van der Waals surface area contributed by atoms with Gasteiger partial charge in [-0.15, -0.1) is 0 Å². The zero-order valence-corrected chi connectivity index (χ0v) is 13.9. The van der Waals surface area contributed by atoms with Crippen LogP contribution in [0.1, 0.15) is 43.4 Å². The Morgan fingerprint density at radius 2 is 1.95 bits per heavy atom. The van der Waals surface area contributed by atoms with E-state index in [1.165, 1.54) is 29.5 Å². The van der Waals surface area contributed by atoms with Crippen LogP contribution in [-0.4, -0.2) is 26.8 Å². The minimum absolute atomic E-state index is 0.324. The van der Waals surface area contributed by atoms with Gasteiger partial charge in [-0.2, -0.15) is 0 Å². The Morgan fingerprint density at radius 3 is 2.55 bits per heavy atom. The maximum atomic E-state index is 5.10. The summed E-state index contributed by atoms with van der Waals surface area (Å²) < 4.78 is 5.10. The maximum Gasteiger partial charge on any atom is 0.0587 e. The summed E-state index contributed by atoms with van der Waals surface area (Å²) in [4.78, 5) is 0. The number of benzene rings is 1. The second-order valence-electron chi connectivity index (χ2n) is 6.33. The van der Waals surface area contributed by atoms with E-state index in [0.717, 1.165) is 26.1 Å². The van der Waals surface area contributed by atoms with Crippen molar-refractivity contribution in [2.24, 2.45) is 5.41 Å². The number of hydrogen-bond acceptors (Lipinski definition) is 2. The lowest BCUT2D eigenvalue weighted by Crippen LogP contribution is -2.35. The van der Waals surface area contributed by atoms with Crippen molar-refractivity contribution in [3.8, 4) is 0 Å². The van der Waals surface area contributed by atoms with Gasteiger partial charge in [-0.3, -0.25) is 0 Å². The zero-order chi connectivity index (χ0) is 15.0. The van der Waals surface area contributed by atoms with Crippen molar-refractivity contribution >= 4 is 0 Å². The molecule has 0 aliphatic carbocycles. The van der Waals surface area contributed by atoms with Gasteiger partial charge < -0.3 is 10.1 Å². The summed E-state index contributed by atoms with van der Waals surface area (Å²) in [6.07, 6.45) is 3.62. The van der Waals surface area contributed by atoms with E-state index >= 15 is 0 Å². The highest BCUT2D eigenvalue weighted by Gasteiger charge is 2.23. The van der Waals surface area contributed by atoms with Gasteiger partial charge >= 0.3 is 0 Å². The highest BCUT2D eigenvalue weighted by molar-refractivity contribution is 5.30. The van der Waals surface area contributed by atoms with Gasteiger partial charge in [0.2, 0.25) is 0 Å². The van der Waals surface area contributed by atoms with E-state index in [1.54, 1.807) is 7.11 Å². The number of hydrogen-bond donors (Lipinski definition) is 1. The van der Waals surface area contributed by atoms with Crippen molar-refractivity contribution in [2.45, 2.75) is 47.0 Å². The number of ether oxygens (including phenoxy) is 1. The summed E-state index contributed by atoms with van der Waals surface area (Å²) in [6.45, 7) is 11.8. The summed E-state index contributed by atoms with van der Waals surface area (Å²) in [5.41, 5.74) is 4.56. The molecule has 0 radical (unpaired) electrons. The first-order chi connectivity index (χ1) is 9.50. The SMILES string of the molecule is CCCC(C)(CNCCOC)Cc1ccc(C)c(C)c1. The molecule has 1 N–H and O–H groups in total. The lowest BCUT2D eigenvalue weighted by molar-refractivity contribution is 0.190. The quantitative estimate of drug-likeness (QED) is 0.691. The Kier molecular flexibility index (Phi) is 7.25. The third kappa shape index (κ3) is 5.64. The van der Waals surface area contributed by atoms with Crippen LogP contribution in [0.5, 0.6) is 0 Å². The lowest BCUT2D eigenvalue weighted by Gasteiger charge is -2.30. The summed E-state index contributed by atoms with van der Waals surface area (Å²) in [6, 6.07) is 6.87. The number of methoxy groups -OCH3 is 1. The van der Waals surface area contributed by atoms with Crippen LogP contribution in [-0.2, 0) is 11.2 Å². The molecule has 2 heteroatoms. The Hall–Kier alpha value is -0.860. The molecule has 1 rings (SSSR count). The number of aryl methyl sites for hydroxylation is 2. The van der Waals surface area contributed by atoms with Gasteiger partial charge in [-0.25, -0.2) is 0 Å². The third-order valence-electron chi connectivity index (χ3n) is 4.09. The van der Waals surface area contributed by atoms with E-state index < -0.39 is 0 Å². The van der Waals surface area contributed by atoms with Crippen molar-refractivity contribution < 1.29 is 4.74 Å². The van der Waals surface area contributed by atoms with E-state index in [1.807, 2.05) is 0 Å². The van der Waals surface area contributed by atoms with Crippen LogP contribution in [0.25, 0.3) is 0 Å². The van der Waals surface area contributed by atoms with Crippen molar-refractivity contribution in [1.29, 1.82) is 0 Å². The average Bonchev–Trinajstić information content (AvgIpc) is 2.39. The average molecular weight is 277 g/mol. The van der Waals surface area contributed by atoms with Crippen LogP contribution in [0.15, 0.2) is 18.2 Å². The van der Waals surface area contributed by atoms with Crippen LogP contribution >= 0.6 is 0 Å². The van der Waals surface area contributed by atoms with Crippen molar-refractivity contribution in [3.05, 3.63) is 34.9 Å². The molecule has 1 unspecified atom stereocenters. The van der Waals surface area contributed by atoms with Crippen LogP contribution in [0.3, 0.4) is 0 Å². The van der Waals surface area contributed by atoms with Gasteiger partial charge in [-0.05, 0) is 48.8 Å². The Morgan fingerprint density at radius 1 is 1.20 bits per heavy atom. The van der Waals surface area contributed by atoms with Crippen LogP contribution < -0.4 is 5.32 Å². The maximum absolute atomic E-state index is 5.10. The normalized spacial score (nSPS) is 14.2. The van der Waals surface area contributed by atoms with Gasteiger partial charge in [0, 0.05) is 20.2 Å².